The van der Waals surface area contributed by atoms with E-state index >= 15 is 0 Å². The molecule has 0 saturated heterocycles. The van der Waals surface area contributed by atoms with Gasteiger partial charge in [0, 0.05) is 0 Å². The van der Waals surface area contributed by atoms with Gasteiger partial charge in [-0.2, -0.15) is 0 Å². The van der Waals surface area contributed by atoms with Crippen LogP contribution in [0.5, 0.6) is 34.5 Å². The Morgan fingerprint density at radius 3 is 0.750 bits per heavy atom. The van der Waals surface area contributed by atoms with Crippen LogP contribution in [0.3, 0.4) is 0 Å². The Morgan fingerprint density at radius 1 is 0.214 bits per heavy atom. The molecule has 112 heavy (non-hydrogen) atoms. The third-order valence-electron chi connectivity index (χ3n) is 20.9. The quantitative estimate of drug-likeness (QED) is 0.0355. The van der Waals surface area contributed by atoms with Crippen LogP contribution in [0.4, 0.5) is 0 Å². The highest BCUT2D eigenvalue weighted by Gasteiger charge is 2.13. The number of hydrogen-bond donors (Lipinski definition) is 0. The molecule has 0 heterocycles. The van der Waals surface area contributed by atoms with Crippen LogP contribution in [0.1, 0.15) is 305 Å². The Hall–Kier alpha value is -7.96. The van der Waals surface area contributed by atoms with Crippen molar-refractivity contribution in [3.63, 3.8) is 0 Å². The van der Waals surface area contributed by atoms with Crippen LogP contribution in [0, 0.1) is 55.4 Å². The Kier molecular flexibility index (Phi) is 51.4. The van der Waals surface area contributed by atoms with E-state index in [9.17, 15) is 0 Å². The lowest BCUT2D eigenvalue weighted by Crippen LogP contribution is -1.98. The number of rotatable bonds is 46. The average molecular weight is 1520 g/mol. The summed E-state index contributed by atoms with van der Waals surface area (Å²) >= 11 is 0. The van der Waals surface area contributed by atoms with E-state index in [1.807, 2.05) is 27.7 Å². The first-order valence-electron chi connectivity index (χ1n) is 44.5. The van der Waals surface area contributed by atoms with E-state index in [4.69, 9.17) is 28.4 Å². The zero-order valence-electron chi connectivity index (χ0n) is 74.1. The highest BCUT2D eigenvalue weighted by Crippen LogP contribution is 2.36. The monoisotopic (exact) mass is 1520 g/mol. The molecule has 0 aliphatic heterocycles. The molecule has 0 unspecified atom stereocenters. The van der Waals surface area contributed by atoms with Gasteiger partial charge in [0.05, 0.1) is 40.6 Å². The molecule has 614 valence electrons. The van der Waals surface area contributed by atoms with Crippen LogP contribution in [-0.2, 0) is 0 Å². The average Bonchev–Trinajstić information content (AvgIpc) is 0.824. The minimum Gasteiger partial charge on any atom is -0.496 e. The number of benzene rings is 9. The van der Waals surface area contributed by atoms with Crippen molar-refractivity contribution in [2.45, 2.75) is 316 Å². The largest absolute Gasteiger partial charge is 0.496 e. The lowest BCUT2D eigenvalue weighted by molar-refractivity contribution is 0.304. The van der Waals surface area contributed by atoms with Crippen molar-refractivity contribution in [1.29, 1.82) is 0 Å². The molecule has 0 atom stereocenters. The van der Waals surface area contributed by atoms with Crippen LogP contribution in [0.15, 0.2) is 170 Å². The number of hydrogen-bond acceptors (Lipinski definition) is 6. The Bertz CT molecular complexity index is 3750. The summed E-state index contributed by atoms with van der Waals surface area (Å²) in [4.78, 5) is 0. The van der Waals surface area contributed by atoms with E-state index in [0.29, 0.717) is 0 Å². The molecule has 0 saturated carbocycles. The van der Waals surface area contributed by atoms with Crippen LogP contribution in [-0.4, -0.2) is 40.6 Å². The summed E-state index contributed by atoms with van der Waals surface area (Å²) in [5.41, 5.74) is 20.0. The number of aryl methyl sites for hydroxylation is 8. The number of unbranched alkanes of at least 4 members (excludes halogenated alkanes) is 28. The molecule has 9 aromatic carbocycles. The molecular formula is C106H154O6. The van der Waals surface area contributed by atoms with Crippen molar-refractivity contribution in [3.8, 4) is 79.0 Å². The maximum absolute atomic E-state index is 6.03. The first-order valence-corrected chi connectivity index (χ1v) is 44.5. The van der Waals surface area contributed by atoms with Gasteiger partial charge in [0.2, 0.25) is 0 Å². The van der Waals surface area contributed by atoms with Crippen molar-refractivity contribution in [1.82, 2.24) is 0 Å². The van der Waals surface area contributed by atoms with Gasteiger partial charge in [0.1, 0.15) is 34.5 Å². The van der Waals surface area contributed by atoms with E-state index in [1.54, 1.807) is 14.2 Å². The molecule has 0 aromatic heterocycles. The summed E-state index contributed by atoms with van der Waals surface area (Å²) in [5, 5.41) is 2.67. The lowest BCUT2D eigenvalue weighted by Gasteiger charge is -2.14. The third-order valence-corrected chi connectivity index (χ3v) is 20.9. The SMILES string of the molecule is CC.CC.CCCCCCCCCCOc1ccc(-c2cc(C)c(-c3ccc(OCCCCCCCCCC)cc3)cc2C)cc1.CCCCCCCCCCOc1ccc(-c2cc(C)c(OC)cc2C)cc1.CCCCCCCCCCOc1cccc(-c2cc(C)c(OC)cc2C)c1.Cc1ccc2cc(C)ccc2c1. The van der Waals surface area contributed by atoms with Gasteiger partial charge < -0.3 is 28.4 Å². The normalized spacial score (nSPS) is 10.6. The molecule has 6 nitrogen and oxygen atoms in total. The van der Waals surface area contributed by atoms with Gasteiger partial charge in [-0.3, -0.25) is 0 Å². The van der Waals surface area contributed by atoms with Gasteiger partial charge in [0.25, 0.3) is 0 Å². The molecule has 9 rings (SSSR count). The Labute approximate surface area is 685 Å². The van der Waals surface area contributed by atoms with E-state index in [-0.39, 0.29) is 0 Å². The van der Waals surface area contributed by atoms with Crippen LogP contribution in [0.25, 0.3) is 55.3 Å². The van der Waals surface area contributed by atoms with Gasteiger partial charge in [0.15, 0.2) is 0 Å². The van der Waals surface area contributed by atoms with Crippen molar-refractivity contribution in [2.24, 2.45) is 0 Å². The second kappa shape index (κ2) is 59.7. The molecular weight excluding hydrogens is 1370 g/mol. The summed E-state index contributed by atoms with van der Waals surface area (Å²) in [6.07, 6.45) is 42.4. The van der Waals surface area contributed by atoms with Crippen molar-refractivity contribution < 1.29 is 28.4 Å². The van der Waals surface area contributed by atoms with Gasteiger partial charge in [-0.15, -0.1) is 0 Å². The molecule has 0 N–H and O–H groups in total. The standard InChI is InChI=1S/C40H58O2.2C25H36O2.C12H12.2C2H6/c1-5-7-9-11-13-15-17-19-29-41-37-25-21-35(22-26-37)39-31-34(4)40(32-33(39)3)36-23-27-38(28-24-36)42-30-20-18-16-14-12-10-8-6-2;1-5-6-7-8-9-10-11-12-17-27-23-15-13-22(14-16-23)24-18-21(3)25(26-4)19-20(24)2;1-5-6-7-8-9-10-11-12-16-27-23-15-13-14-22(19-23)24-17-21(3)25(26-4)18-20(24)2;1-9-3-5-12-8-10(2)4-6-11(12)7-9;2*1-2/h21-28,31-32H,5-20,29-30H2,1-4H3;13-16,18-19H,5-12,17H2,1-4H3;13-15,17-19H,5-12,16H2,1-4H3;3-8H,1-2H3;2*1-2H3. The first kappa shape index (κ1) is 96.4. The smallest absolute Gasteiger partial charge is 0.122 e. The fourth-order valence-electron chi connectivity index (χ4n) is 14.2. The van der Waals surface area contributed by atoms with Crippen molar-refractivity contribution >= 4 is 10.8 Å². The van der Waals surface area contributed by atoms with E-state index in [0.717, 1.165) is 97.7 Å². The van der Waals surface area contributed by atoms with Crippen molar-refractivity contribution in [3.05, 3.63) is 214 Å². The predicted octanol–water partition coefficient (Wildman–Crippen LogP) is 33.2. The second-order valence-corrected chi connectivity index (χ2v) is 30.5. The van der Waals surface area contributed by atoms with Gasteiger partial charge >= 0.3 is 0 Å². The van der Waals surface area contributed by atoms with Gasteiger partial charge in [-0.05, 0) is 243 Å². The molecule has 0 amide bonds. The fraction of sp³-hybridized carbons (Fsp3) is 0.509. The molecule has 0 radical (unpaired) electrons. The first-order chi connectivity index (χ1) is 54.7. The molecule has 9 aromatic rings. The summed E-state index contributed by atoms with van der Waals surface area (Å²) in [6.45, 7) is 37.4. The summed E-state index contributed by atoms with van der Waals surface area (Å²) in [5.74, 6) is 5.75. The Morgan fingerprint density at radius 2 is 0.464 bits per heavy atom. The Balaban J connectivity index is 0.000000330. The minimum atomic E-state index is 0.805. The highest BCUT2D eigenvalue weighted by molar-refractivity contribution is 5.84. The third kappa shape index (κ3) is 37.8. The number of fused-ring (bicyclic) bond motifs is 1. The summed E-state index contributed by atoms with van der Waals surface area (Å²) < 4.78 is 34.8. The molecule has 0 aliphatic carbocycles. The fourth-order valence-corrected chi connectivity index (χ4v) is 14.2. The van der Waals surface area contributed by atoms with E-state index in [2.05, 4.69) is 253 Å². The molecule has 0 spiro atoms. The van der Waals surface area contributed by atoms with Crippen molar-refractivity contribution in [2.75, 3.05) is 40.6 Å². The molecule has 6 heteroatoms. The molecule has 0 aliphatic rings. The van der Waals surface area contributed by atoms with E-state index < -0.39 is 0 Å². The van der Waals surface area contributed by atoms with Gasteiger partial charge in [-0.1, -0.05) is 343 Å². The second-order valence-electron chi connectivity index (χ2n) is 30.5. The van der Waals surface area contributed by atoms with Crippen LogP contribution in [0.2, 0.25) is 0 Å². The zero-order valence-corrected chi connectivity index (χ0v) is 74.1. The number of methoxy groups -OCH3 is 2. The number of ether oxygens (including phenoxy) is 6. The van der Waals surface area contributed by atoms with E-state index in [1.165, 1.54) is 268 Å². The maximum Gasteiger partial charge on any atom is 0.122 e. The minimum absolute atomic E-state index is 0.805. The summed E-state index contributed by atoms with van der Waals surface area (Å²) in [6, 6.07) is 60.5. The zero-order chi connectivity index (χ0) is 81.4. The van der Waals surface area contributed by atoms with Crippen LogP contribution >= 0.6 is 0 Å². The predicted molar refractivity (Wildman–Crippen MR) is 491 cm³/mol. The molecule has 0 fully saturated rings. The lowest BCUT2D eigenvalue weighted by atomic mass is 9.92. The van der Waals surface area contributed by atoms with Gasteiger partial charge in [-0.25, -0.2) is 0 Å². The van der Waals surface area contributed by atoms with Crippen LogP contribution < -0.4 is 28.4 Å². The summed E-state index contributed by atoms with van der Waals surface area (Å²) in [7, 11) is 3.45. The topological polar surface area (TPSA) is 55.4 Å². The highest BCUT2D eigenvalue weighted by atomic mass is 16.5. The molecule has 0 bridgehead atoms. The maximum atomic E-state index is 6.03.